The summed E-state index contributed by atoms with van der Waals surface area (Å²) in [6, 6.07) is 20.9. The molecule has 4 rings (SSSR count). The van der Waals surface area contributed by atoms with Gasteiger partial charge in [-0.05, 0) is 41.8 Å². The Kier molecular flexibility index (Phi) is 6.31. The summed E-state index contributed by atoms with van der Waals surface area (Å²) < 4.78 is 38.4. The van der Waals surface area contributed by atoms with E-state index in [4.69, 9.17) is 0 Å². The van der Waals surface area contributed by atoms with Crippen LogP contribution in [0.4, 0.5) is 4.39 Å². The van der Waals surface area contributed by atoms with Crippen molar-refractivity contribution in [1.29, 1.82) is 0 Å². The summed E-state index contributed by atoms with van der Waals surface area (Å²) in [4.78, 5) is 13.0. The maximum absolute atomic E-state index is 13.2. The van der Waals surface area contributed by atoms with Gasteiger partial charge in [0.1, 0.15) is 5.82 Å². The average Bonchev–Trinajstić information content (AvgIpc) is 2.77. The Hall–Kier alpha value is -3.20. The third-order valence-corrected chi connectivity index (χ3v) is 5.39. The van der Waals surface area contributed by atoms with Crippen LogP contribution in [0.2, 0.25) is 0 Å². The highest BCUT2D eigenvalue weighted by Gasteiger charge is 2.13. The van der Waals surface area contributed by atoms with Crippen LogP contribution in [-0.2, 0) is 24.2 Å². The van der Waals surface area contributed by atoms with E-state index in [1.807, 2.05) is 36.4 Å². The quantitative estimate of drug-likeness (QED) is 0.451. The van der Waals surface area contributed by atoms with Gasteiger partial charge in [-0.2, -0.15) is 5.10 Å². The molecule has 0 saturated carbocycles. The van der Waals surface area contributed by atoms with Crippen molar-refractivity contribution in [3.05, 3.63) is 100 Å². The zero-order valence-electron chi connectivity index (χ0n) is 16.5. The van der Waals surface area contributed by atoms with Crippen LogP contribution in [0.5, 0.6) is 0 Å². The van der Waals surface area contributed by atoms with Crippen LogP contribution in [0.15, 0.2) is 77.6 Å². The fourth-order valence-electron chi connectivity index (χ4n) is 3.47. The molecule has 8 heteroatoms. The predicted octanol–water partition coefficient (Wildman–Crippen LogP) is 3.18. The second-order valence-electron chi connectivity index (χ2n) is 7.06. The number of hydrogen-bond donors (Lipinski definition) is 1. The van der Waals surface area contributed by atoms with E-state index in [0.29, 0.717) is 17.5 Å². The highest BCUT2D eigenvalue weighted by atomic mass is 32.2. The van der Waals surface area contributed by atoms with Crippen molar-refractivity contribution in [2.24, 2.45) is 0 Å². The Bertz CT molecular complexity index is 1310. The molecule has 158 valence electrons. The van der Waals surface area contributed by atoms with Gasteiger partial charge in [0.25, 0.3) is 5.56 Å². The molecule has 0 aliphatic carbocycles. The maximum atomic E-state index is 13.2. The average molecular weight is 436 g/mol. The van der Waals surface area contributed by atoms with Gasteiger partial charge in [0.2, 0.25) is 0 Å². The van der Waals surface area contributed by atoms with Crippen molar-refractivity contribution in [3.63, 3.8) is 0 Å². The molecule has 31 heavy (non-hydrogen) atoms. The minimum absolute atomic E-state index is 0.218. The Morgan fingerprint density at radius 2 is 1.71 bits per heavy atom. The summed E-state index contributed by atoms with van der Waals surface area (Å²) in [6.07, 6.45) is 0.523. The lowest BCUT2D eigenvalue weighted by Gasteiger charge is -2.13. The van der Waals surface area contributed by atoms with E-state index in [1.54, 1.807) is 24.3 Å². The number of fused-ring (bicyclic) bond motifs is 1. The van der Waals surface area contributed by atoms with Crippen molar-refractivity contribution in [1.82, 2.24) is 14.5 Å². The second kappa shape index (κ2) is 9.30. The summed E-state index contributed by atoms with van der Waals surface area (Å²) in [5, 5.41) is 5.91. The molecule has 0 radical (unpaired) electrons. The first-order valence-electron chi connectivity index (χ1n) is 9.67. The van der Waals surface area contributed by atoms with E-state index in [-0.39, 0.29) is 24.5 Å². The highest BCUT2D eigenvalue weighted by Crippen LogP contribution is 2.25. The lowest BCUT2D eigenvalue weighted by molar-refractivity contribution is 0.523. The number of hydrogen-bond acceptors (Lipinski definition) is 4. The number of halogens is 1. The maximum Gasteiger partial charge on any atom is 0.274 e. The van der Waals surface area contributed by atoms with Gasteiger partial charge in [0.15, 0.2) is 0 Å². The van der Waals surface area contributed by atoms with Crippen molar-refractivity contribution < 1.29 is 13.2 Å². The van der Waals surface area contributed by atoms with Gasteiger partial charge in [-0.15, -0.1) is 0 Å². The third-order valence-electron chi connectivity index (χ3n) is 4.95. The minimum atomic E-state index is -2.30. The molecule has 0 saturated heterocycles. The summed E-state index contributed by atoms with van der Waals surface area (Å²) in [5.41, 5.74) is 2.96. The van der Waals surface area contributed by atoms with Crippen LogP contribution in [0.1, 0.15) is 11.1 Å². The molecule has 1 aromatic heterocycles. The van der Waals surface area contributed by atoms with Crippen LogP contribution in [-0.4, -0.2) is 25.1 Å². The van der Waals surface area contributed by atoms with Crippen LogP contribution < -0.4 is 10.3 Å². The van der Waals surface area contributed by atoms with Gasteiger partial charge in [-0.25, -0.2) is 13.8 Å². The molecule has 3 aromatic carbocycles. The second-order valence-corrected chi connectivity index (χ2v) is 7.82. The summed E-state index contributed by atoms with van der Waals surface area (Å²) in [6.45, 7) is 0.508. The van der Waals surface area contributed by atoms with Crippen molar-refractivity contribution in [2.75, 3.05) is 6.54 Å². The van der Waals surface area contributed by atoms with Gasteiger partial charge in [-0.1, -0.05) is 48.5 Å². The third kappa shape index (κ3) is 4.93. The minimum Gasteiger partial charge on any atom is -0.760 e. The molecule has 0 bridgehead atoms. The smallest absolute Gasteiger partial charge is 0.274 e. The fourth-order valence-corrected chi connectivity index (χ4v) is 3.74. The molecular weight excluding hydrogens is 417 g/mol. The molecule has 1 heterocycles. The molecule has 1 unspecified atom stereocenters. The van der Waals surface area contributed by atoms with Gasteiger partial charge < -0.3 is 4.55 Å². The predicted molar refractivity (Wildman–Crippen MR) is 118 cm³/mol. The molecule has 0 spiro atoms. The van der Waals surface area contributed by atoms with Gasteiger partial charge in [-0.3, -0.25) is 9.00 Å². The number of nitrogens with one attached hydrogen (secondary N) is 1. The van der Waals surface area contributed by atoms with Gasteiger partial charge in [0, 0.05) is 28.8 Å². The molecule has 0 amide bonds. The molecular formula is C23H19FN3O3S-. The van der Waals surface area contributed by atoms with E-state index in [2.05, 4.69) is 9.82 Å². The zero-order chi connectivity index (χ0) is 21.8. The molecule has 1 atom stereocenters. The van der Waals surface area contributed by atoms with Crippen LogP contribution in [0, 0.1) is 5.82 Å². The summed E-state index contributed by atoms with van der Waals surface area (Å²) in [5.74, 6) is -0.338. The first-order chi connectivity index (χ1) is 15.0. The van der Waals surface area contributed by atoms with E-state index in [9.17, 15) is 17.9 Å². The molecule has 6 nitrogen and oxygen atoms in total. The van der Waals surface area contributed by atoms with Gasteiger partial charge >= 0.3 is 0 Å². The molecule has 4 aromatic rings. The largest absolute Gasteiger partial charge is 0.760 e. The molecule has 0 aliphatic heterocycles. The Labute approximate surface area is 180 Å². The number of benzene rings is 3. The molecule has 1 N–H and O–H groups in total. The van der Waals surface area contributed by atoms with Crippen molar-refractivity contribution in [3.8, 4) is 11.3 Å². The first-order valence-corrected chi connectivity index (χ1v) is 10.7. The van der Waals surface area contributed by atoms with Crippen molar-refractivity contribution in [2.45, 2.75) is 13.0 Å². The summed E-state index contributed by atoms with van der Waals surface area (Å²) >= 11 is -2.30. The molecule has 0 aliphatic rings. The SMILES string of the molecule is O=c1c2ccccc2c(-c2cccc(CCNS(=O)[O-])c2)nn1Cc1ccc(F)cc1. The summed E-state index contributed by atoms with van der Waals surface area (Å²) in [7, 11) is 0. The van der Waals surface area contributed by atoms with Crippen LogP contribution >= 0.6 is 0 Å². The zero-order valence-corrected chi connectivity index (χ0v) is 17.3. The lowest BCUT2D eigenvalue weighted by Crippen LogP contribution is -2.24. The Morgan fingerprint density at radius 3 is 2.45 bits per heavy atom. The van der Waals surface area contributed by atoms with Crippen LogP contribution in [0.3, 0.4) is 0 Å². The normalized spacial score (nSPS) is 12.2. The molecule has 0 fully saturated rings. The number of aromatic nitrogens is 2. The first kappa shape index (κ1) is 21.0. The highest BCUT2D eigenvalue weighted by molar-refractivity contribution is 7.77. The van der Waals surface area contributed by atoms with E-state index < -0.39 is 11.3 Å². The Balaban J connectivity index is 1.77. The van der Waals surface area contributed by atoms with E-state index >= 15 is 0 Å². The monoisotopic (exact) mass is 436 g/mol. The van der Waals surface area contributed by atoms with Crippen molar-refractivity contribution >= 4 is 22.0 Å². The van der Waals surface area contributed by atoms with E-state index in [1.165, 1.54) is 16.8 Å². The van der Waals surface area contributed by atoms with E-state index in [0.717, 1.165) is 22.1 Å². The fraction of sp³-hybridized carbons (Fsp3) is 0.130. The Morgan fingerprint density at radius 1 is 0.968 bits per heavy atom. The van der Waals surface area contributed by atoms with Crippen LogP contribution in [0.25, 0.3) is 22.0 Å². The topological polar surface area (TPSA) is 87.1 Å². The number of rotatable bonds is 7. The number of nitrogens with zero attached hydrogens (tertiary/aromatic N) is 2. The lowest BCUT2D eigenvalue weighted by atomic mass is 10.0. The standard InChI is InChI=1S/C23H20FN3O3S/c24-19-10-8-17(9-11-19)15-27-23(28)21-7-2-1-6-20(21)22(26-27)18-5-3-4-16(14-18)12-13-25-31(29)30/h1-11,14,25H,12-13,15H2,(H,29,30)/p-1. The van der Waals surface area contributed by atoms with Gasteiger partial charge in [0.05, 0.1) is 17.6 Å².